The highest BCUT2D eigenvalue weighted by atomic mass is 16.5. The second kappa shape index (κ2) is 10.8. The molecule has 0 aromatic heterocycles. The lowest BCUT2D eigenvalue weighted by Crippen LogP contribution is -2.30. The zero-order valence-corrected chi connectivity index (χ0v) is 10.1. The van der Waals surface area contributed by atoms with E-state index in [2.05, 4.69) is 15.9 Å². The van der Waals surface area contributed by atoms with E-state index in [4.69, 9.17) is 16.7 Å². The van der Waals surface area contributed by atoms with Crippen LogP contribution >= 0.6 is 0 Å². The predicted octanol–water partition coefficient (Wildman–Crippen LogP) is 1.58. The molecule has 0 N–H and O–H groups in total. The molecule has 0 saturated carbocycles. The van der Waals surface area contributed by atoms with Gasteiger partial charge in [0.15, 0.2) is 0 Å². The van der Waals surface area contributed by atoms with Crippen LogP contribution in [0.15, 0.2) is 5.11 Å². The number of nitrogens with zero attached hydrogens (tertiary/aromatic N) is 4. The summed E-state index contributed by atoms with van der Waals surface area (Å²) >= 11 is 0. The van der Waals surface area contributed by atoms with Crippen LogP contribution in [0.2, 0.25) is 0 Å². The van der Waals surface area contributed by atoms with Gasteiger partial charge in [0, 0.05) is 31.5 Å². The monoisotopic (exact) mass is 238 g/mol. The lowest BCUT2D eigenvalue weighted by atomic mass is 10.2. The van der Waals surface area contributed by atoms with Gasteiger partial charge in [0.1, 0.15) is 6.61 Å². The zero-order valence-electron chi connectivity index (χ0n) is 10.1. The first-order valence-corrected chi connectivity index (χ1v) is 5.48. The molecule has 0 bridgehead atoms. The van der Waals surface area contributed by atoms with Crippen molar-refractivity contribution in [2.24, 2.45) is 5.11 Å². The fourth-order valence-corrected chi connectivity index (χ4v) is 1.15. The molecule has 0 fully saturated rings. The number of carbonyl (C=O) groups is 1. The first-order chi connectivity index (χ1) is 8.22. The summed E-state index contributed by atoms with van der Waals surface area (Å²) in [7, 11) is 1.73. The minimum Gasteiger partial charge on any atom is -0.367 e. The van der Waals surface area contributed by atoms with Gasteiger partial charge in [-0.2, -0.15) is 0 Å². The summed E-state index contributed by atoms with van der Waals surface area (Å²) in [6, 6.07) is 0. The molecule has 6 nitrogen and oxygen atoms in total. The van der Waals surface area contributed by atoms with Gasteiger partial charge in [-0.25, -0.2) is 0 Å². The topological polar surface area (TPSA) is 78.3 Å². The van der Waals surface area contributed by atoms with Crippen LogP contribution < -0.4 is 0 Å². The zero-order chi connectivity index (χ0) is 12.9. The molecule has 0 aliphatic rings. The second-order valence-corrected chi connectivity index (χ2v) is 3.48. The fraction of sp³-hybridized carbons (Fsp3) is 0.727. The molecule has 0 aromatic rings. The Morgan fingerprint density at radius 2 is 2.35 bits per heavy atom. The molecule has 0 spiro atoms. The van der Waals surface area contributed by atoms with Crippen LogP contribution in [0.25, 0.3) is 10.4 Å². The lowest BCUT2D eigenvalue weighted by Gasteiger charge is -2.16. The van der Waals surface area contributed by atoms with Crippen molar-refractivity contribution in [2.45, 2.75) is 19.3 Å². The van der Waals surface area contributed by atoms with Gasteiger partial charge < -0.3 is 9.64 Å². The third-order valence-electron chi connectivity index (χ3n) is 2.14. The number of terminal acetylenes is 1. The quantitative estimate of drug-likeness (QED) is 0.201. The van der Waals surface area contributed by atoms with E-state index in [0.29, 0.717) is 26.1 Å². The smallest absolute Gasteiger partial charge is 0.222 e. The molecule has 0 unspecified atom stereocenters. The van der Waals surface area contributed by atoms with Gasteiger partial charge in [0.2, 0.25) is 5.91 Å². The standard InChI is InChI=1S/C11H18N4O2/c1-3-9-17-10-8-15(2)11(16)6-4-5-7-13-14-12/h1H,4-10H2,2H3. The Hall–Kier alpha value is -1.70. The Morgan fingerprint density at radius 1 is 1.59 bits per heavy atom. The van der Waals surface area contributed by atoms with E-state index in [-0.39, 0.29) is 12.5 Å². The van der Waals surface area contributed by atoms with Gasteiger partial charge in [-0.05, 0) is 18.4 Å². The molecule has 0 radical (unpaired) electrons. The molecule has 0 aliphatic carbocycles. The van der Waals surface area contributed by atoms with Crippen LogP contribution in [-0.4, -0.2) is 44.2 Å². The Morgan fingerprint density at radius 3 is 3.00 bits per heavy atom. The number of carbonyl (C=O) groups excluding carboxylic acids is 1. The van der Waals surface area contributed by atoms with Crippen LogP contribution in [-0.2, 0) is 9.53 Å². The summed E-state index contributed by atoms with van der Waals surface area (Å²) in [5.41, 5.74) is 8.06. The highest BCUT2D eigenvalue weighted by Crippen LogP contribution is 2.00. The summed E-state index contributed by atoms with van der Waals surface area (Å²) in [5, 5.41) is 3.40. The van der Waals surface area contributed by atoms with Crippen LogP contribution in [0.3, 0.4) is 0 Å². The molecule has 1 amide bonds. The van der Waals surface area contributed by atoms with Crippen molar-refractivity contribution < 1.29 is 9.53 Å². The molecule has 17 heavy (non-hydrogen) atoms. The number of likely N-dealkylation sites (N-methyl/N-ethyl adjacent to an activating group) is 1. The number of unbranched alkanes of at least 4 members (excludes halogenated alkanes) is 1. The Balaban J connectivity index is 3.53. The molecule has 0 heterocycles. The summed E-state index contributed by atoms with van der Waals surface area (Å²) in [6.07, 6.45) is 6.95. The molecule has 0 rings (SSSR count). The van der Waals surface area contributed by atoms with Crippen LogP contribution in [0.5, 0.6) is 0 Å². The second-order valence-electron chi connectivity index (χ2n) is 3.48. The van der Waals surface area contributed by atoms with Crippen molar-refractivity contribution in [3.63, 3.8) is 0 Å². The molecule has 0 aliphatic heterocycles. The number of hydrogen-bond donors (Lipinski definition) is 0. The minimum atomic E-state index is 0.0650. The lowest BCUT2D eigenvalue weighted by molar-refractivity contribution is -0.130. The van der Waals surface area contributed by atoms with Crippen LogP contribution in [0, 0.1) is 12.3 Å². The first kappa shape index (κ1) is 15.3. The normalized spacial score (nSPS) is 9.18. The maximum absolute atomic E-state index is 11.6. The largest absolute Gasteiger partial charge is 0.367 e. The Kier molecular flexibility index (Phi) is 9.73. The van der Waals surface area contributed by atoms with Gasteiger partial charge in [0.25, 0.3) is 0 Å². The molecule has 0 saturated heterocycles. The van der Waals surface area contributed by atoms with Gasteiger partial charge in [0.05, 0.1) is 6.61 Å². The minimum absolute atomic E-state index is 0.0650. The van der Waals surface area contributed by atoms with Crippen LogP contribution in [0.1, 0.15) is 19.3 Å². The van der Waals surface area contributed by atoms with E-state index in [9.17, 15) is 4.79 Å². The summed E-state index contributed by atoms with van der Waals surface area (Å²) < 4.78 is 5.08. The van der Waals surface area contributed by atoms with Crippen molar-refractivity contribution in [2.75, 3.05) is 33.4 Å². The maximum Gasteiger partial charge on any atom is 0.222 e. The fourth-order valence-electron chi connectivity index (χ4n) is 1.15. The number of azide groups is 1. The van der Waals surface area contributed by atoms with Gasteiger partial charge >= 0.3 is 0 Å². The summed E-state index contributed by atoms with van der Waals surface area (Å²) in [6.45, 7) is 1.70. The van der Waals surface area contributed by atoms with Crippen molar-refractivity contribution >= 4 is 5.91 Å². The van der Waals surface area contributed by atoms with E-state index in [0.717, 1.165) is 12.8 Å². The molecular weight excluding hydrogens is 220 g/mol. The first-order valence-electron chi connectivity index (χ1n) is 5.48. The van der Waals surface area contributed by atoms with Crippen LogP contribution in [0.4, 0.5) is 0 Å². The van der Waals surface area contributed by atoms with E-state index < -0.39 is 0 Å². The summed E-state index contributed by atoms with van der Waals surface area (Å²) in [5.74, 6) is 2.42. The van der Waals surface area contributed by atoms with E-state index >= 15 is 0 Å². The summed E-state index contributed by atoms with van der Waals surface area (Å²) in [4.78, 5) is 15.8. The molecule has 0 aromatic carbocycles. The van der Waals surface area contributed by atoms with E-state index in [1.54, 1.807) is 11.9 Å². The Bertz CT molecular complexity index is 305. The highest BCUT2D eigenvalue weighted by Gasteiger charge is 2.07. The number of rotatable bonds is 9. The van der Waals surface area contributed by atoms with Crippen molar-refractivity contribution in [1.29, 1.82) is 0 Å². The van der Waals surface area contributed by atoms with Crippen molar-refractivity contribution in [1.82, 2.24) is 4.90 Å². The number of hydrogen-bond acceptors (Lipinski definition) is 3. The number of amides is 1. The maximum atomic E-state index is 11.6. The Labute approximate surface area is 102 Å². The molecule has 0 atom stereocenters. The molecule has 94 valence electrons. The third-order valence-corrected chi connectivity index (χ3v) is 2.14. The van der Waals surface area contributed by atoms with E-state index in [1.807, 2.05) is 0 Å². The van der Waals surface area contributed by atoms with Crippen molar-refractivity contribution in [3.8, 4) is 12.3 Å². The third kappa shape index (κ3) is 9.24. The van der Waals surface area contributed by atoms with Gasteiger partial charge in [-0.15, -0.1) is 6.42 Å². The highest BCUT2D eigenvalue weighted by molar-refractivity contribution is 5.75. The SMILES string of the molecule is C#CCOCCN(C)C(=O)CCCCN=[N+]=[N-]. The average Bonchev–Trinajstić information content (AvgIpc) is 2.34. The van der Waals surface area contributed by atoms with Crippen molar-refractivity contribution in [3.05, 3.63) is 10.4 Å². The van der Waals surface area contributed by atoms with E-state index in [1.165, 1.54) is 0 Å². The average molecular weight is 238 g/mol. The van der Waals surface area contributed by atoms with Gasteiger partial charge in [-0.3, -0.25) is 4.79 Å². The predicted molar refractivity (Wildman–Crippen MR) is 65.2 cm³/mol. The molecule has 6 heteroatoms. The molecular formula is C11H18N4O2. The van der Waals surface area contributed by atoms with Gasteiger partial charge in [-0.1, -0.05) is 11.0 Å². The number of ether oxygens (including phenoxy) is 1.